The Morgan fingerprint density at radius 3 is 1.92 bits per heavy atom. The van der Waals surface area contributed by atoms with Gasteiger partial charge >= 0.3 is 5.97 Å². The zero-order valence-electron chi connectivity index (χ0n) is 20.3. The number of carbonyl (C=O) groups excluding carboxylic acids is 2. The fraction of sp³-hybridized carbons (Fsp3) is 0.185. The van der Waals surface area contributed by atoms with Crippen LogP contribution in [0.2, 0.25) is 0 Å². The Hall–Kier alpha value is -4.24. The number of anilines is 2. The number of aromatic carboxylic acids is 1. The van der Waals surface area contributed by atoms with Gasteiger partial charge in [-0.3, -0.25) is 14.9 Å². The summed E-state index contributed by atoms with van der Waals surface area (Å²) in [6.07, 6.45) is 0. The highest BCUT2D eigenvalue weighted by atomic mass is 32.1. The number of benzene rings is 3. The lowest BCUT2D eigenvalue weighted by Crippen LogP contribution is -2.34. The van der Waals surface area contributed by atoms with Crippen molar-refractivity contribution in [2.45, 2.75) is 26.2 Å². The van der Waals surface area contributed by atoms with Crippen LogP contribution in [0.3, 0.4) is 0 Å². The maximum Gasteiger partial charge on any atom is 0.335 e. The van der Waals surface area contributed by atoms with Gasteiger partial charge < -0.3 is 20.5 Å². The van der Waals surface area contributed by atoms with Crippen LogP contribution in [0, 0.1) is 0 Å². The summed E-state index contributed by atoms with van der Waals surface area (Å²) in [5, 5.41) is 17.4. The molecule has 4 N–H and O–H groups in total. The third-order valence-corrected chi connectivity index (χ3v) is 5.55. The molecular weight excluding hydrogens is 478 g/mol. The number of carboxylic acid groups (broad SMARTS) is 1. The molecule has 0 aliphatic carbocycles. The molecule has 0 aliphatic heterocycles. The first-order valence-electron chi connectivity index (χ1n) is 11.0. The van der Waals surface area contributed by atoms with Gasteiger partial charge in [0.15, 0.2) is 5.11 Å². The maximum absolute atomic E-state index is 12.6. The molecule has 0 radical (unpaired) electrons. The van der Waals surface area contributed by atoms with Crippen LogP contribution >= 0.6 is 12.2 Å². The molecule has 0 fully saturated rings. The van der Waals surface area contributed by atoms with Gasteiger partial charge in [-0.05, 0) is 71.7 Å². The van der Waals surface area contributed by atoms with Gasteiger partial charge in [0.05, 0.1) is 18.4 Å². The van der Waals surface area contributed by atoms with Crippen molar-refractivity contribution in [1.29, 1.82) is 0 Å². The van der Waals surface area contributed by atoms with Gasteiger partial charge in [-0.25, -0.2) is 4.79 Å². The quantitative estimate of drug-likeness (QED) is 0.346. The first-order valence-corrected chi connectivity index (χ1v) is 11.4. The number of rotatable bonds is 6. The fourth-order valence-electron chi connectivity index (χ4n) is 3.29. The smallest absolute Gasteiger partial charge is 0.335 e. The molecule has 0 saturated carbocycles. The highest BCUT2D eigenvalue weighted by Crippen LogP contribution is 2.28. The van der Waals surface area contributed by atoms with Crippen molar-refractivity contribution in [1.82, 2.24) is 5.32 Å². The van der Waals surface area contributed by atoms with Crippen molar-refractivity contribution in [2.75, 3.05) is 17.7 Å². The summed E-state index contributed by atoms with van der Waals surface area (Å²) in [7, 11) is 1.46. The first-order chi connectivity index (χ1) is 17.0. The maximum atomic E-state index is 12.6. The van der Waals surface area contributed by atoms with Crippen molar-refractivity contribution in [2.24, 2.45) is 0 Å². The second kappa shape index (κ2) is 11.0. The zero-order chi connectivity index (χ0) is 26.5. The van der Waals surface area contributed by atoms with E-state index in [1.54, 1.807) is 30.3 Å². The van der Waals surface area contributed by atoms with Crippen LogP contribution < -0.4 is 20.7 Å². The predicted molar refractivity (Wildman–Crippen MR) is 143 cm³/mol. The number of hydrogen-bond acceptors (Lipinski definition) is 5. The Morgan fingerprint density at radius 1 is 0.806 bits per heavy atom. The van der Waals surface area contributed by atoms with Crippen molar-refractivity contribution in [3.05, 3.63) is 89.0 Å². The normalized spacial score (nSPS) is 10.8. The van der Waals surface area contributed by atoms with Crippen LogP contribution in [0.1, 0.15) is 57.4 Å². The minimum absolute atomic E-state index is 0.0124. The van der Waals surface area contributed by atoms with Crippen molar-refractivity contribution < 1.29 is 24.2 Å². The third-order valence-electron chi connectivity index (χ3n) is 5.34. The van der Waals surface area contributed by atoms with E-state index in [4.69, 9.17) is 22.1 Å². The summed E-state index contributed by atoms with van der Waals surface area (Å²) in [4.78, 5) is 36.1. The van der Waals surface area contributed by atoms with Gasteiger partial charge in [0.1, 0.15) is 5.75 Å². The van der Waals surface area contributed by atoms with E-state index in [0.717, 1.165) is 5.56 Å². The monoisotopic (exact) mass is 505 g/mol. The van der Waals surface area contributed by atoms with Gasteiger partial charge in [0, 0.05) is 22.9 Å². The molecular formula is C27H27N3O5S. The number of hydrogen-bond donors (Lipinski definition) is 4. The van der Waals surface area contributed by atoms with Crippen LogP contribution in [0.5, 0.6) is 5.75 Å². The lowest BCUT2D eigenvalue weighted by molar-refractivity contribution is 0.0696. The van der Waals surface area contributed by atoms with Gasteiger partial charge in [-0.15, -0.1) is 0 Å². The van der Waals surface area contributed by atoms with Crippen molar-refractivity contribution in [3.63, 3.8) is 0 Å². The minimum Gasteiger partial charge on any atom is -0.494 e. The van der Waals surface area contributed by atoms with Crippen LogP contribution in [0.15, 0.2) is 66.7 Å². The summed E-state index contributed by atoms with van der Waals surface area (Å²) in [5.41, 5.74) is 2.93. The van der Waals surface area contributed by atoms with E-state index in [1.165, 1.54) is 31.4 Å². The number of carboxylic acids is 1. The molecule has 0 unspecified atom stereocenters. The summed E-state index contributed by atoms with van der Waals surface area (Å²) >= 11 is 5.28. The Balaban J connectivity index is 1.64. The summed E-state index contributed by atoms with van der Waals surface area (Å²) < 4.78 is 5.38. The second-order valence-corrected chi connectivity index (χ2v) is 9.40. The topological polar surface area (TPSA) is 117 Å². The Morgan fingerprint density at radius 2 is 1.36 bits per heavy atom. The van der Waals surface area contributed by atoms with Gasteiger partial charge in [0.2, 0.25) is 0 Å². The predicted octanol–water partition coefficient (Wildman–Crippen LogP) is 5.07. The van der Waals surface area contributed by atoms with Gasteiger partial charge in [0.25, 0.3) is 11.8 Å². The van der Waals surface area contributed by atoms with E-state index >= 15 is 0 Å². The lowest BCUT2D eigenvalue weighted by atomic mass is 9.87. The molecule has 0 bridgehead atoms. The van der Waals surface area contributed by atoms with E-state index in [0.29, 0.717) is 28.3 Å². The molecule has 0 saturated heterocycles. The summed E-state index contributed by atoms with van der Waals surface area (Å²) in [6, 6.07) is 17.8. The Bertz CT molecular complexity index is 1300. The molecule has 0 aromatic heterocycles. The fourth-order valence-corrected chi connectivity index (χ4v) is 3.50. The lowest BCUT2D eigenvalue weighted by Gasteiger charge is -2.19. The highest BCUT2D eigenvalue weighted by molar-refractivity contribution is 7.80. The molecule has 3 aromatic carbocycles. The summed E-state index contributed by atoms with van der Waals surface area (Å²) in [5.74, 6) is -1.47. The van der Waals surface area contributed by atoms with Crippen LogP contribution in [-0.2, 0) is 5.41 Å². The molecule has 2 amide bonds. The van der Waals surface area contributed by atoms with Crippen molar-refractivity contribution in [3.8, 4) is 5.75 Å². The minimum atomic E-state index is -1.07. The third kappa shape index (κ3) is 6.67. The molecule has 3 aromatic rings. The molecule has 0 aliphatic rings. The molecule has 8 nitrogen and oxygen atoms in total. The standard InChI is InChI=1S/C27H27N3O5S/c1-27(2,3)19-11-9-17(10-12-19)24(32)30-26(36)28-20-13-14-21(22(15-20)35-4)29-23(31)16-5-7-18(8-6-16)25(33)34/h5-15H,1-4H3,(H,29,31)(H,33,34)(H2,28,30,32,36). The number of thiocarbonyl (C=S) groups is 1. The number of ether oxygens (including phenoxy) is 1. The zero-order valence-corrected chi connectivity index (χ0v) is 21.2. The molecule has 9 heteroatoms. The second-order valence-electron chi connectivity index (χ2n) is 8.99. The number of carbonyl (C=O) groups is 3. The number of amides is 2. The average Bonchev–Trinajstić information content (AvgIpc) is 2.84. The first kappa shape index (κ1) is 26.4. The van der Waals surface area contributed by atoms with E-state index in [-0.39, 0.29) is 22.0 Å². The highest BCUT2D eigenvalue weighted by Gasteiger charge is 2.16. The van der Waals surface area contributed by atoms with Gasteiger partial charge in [-0.2, -0.15) is 0 Å². The van der Waals surface area contributed by atoms with Gasteiger partial charge in [-0.1, -0.05) is 32.9 Å². The van der Waals surface area contributed by atoms with E-state index in [2.05, 4.69) is 36.7 Å². The molecule has 186 valence electrons. The SMILES string of the molecule is COc1cc(NC(=S)NC(=O)c2ccc(C(C)(C)C)cc2)ccc1NC(=O)c1ccc(C(=O)O)cc1. The molecule has 36 heavy (non-hydrogen) atoms. The average molecular weight is 506 g/mol. The van der Waals surface area contributed by atoms with Crippen LogP contribution in [-0.4, -0.2) is 35.1 Å². The molecule has 3 rings (SSSR count). The van der Waals surface area contributed by atoms with E-state index in [9.17, 15) is 14.4 Å². The van der Waals surface area contributed by atoms with E-state index in [1.807, 2.05) is 12.1 Å². The number of methoxy groups -OCH3 is 1. The van der Waals surface area contributed by atoms with Crippen LogP contribution in [0.25, 0.3) is 0 Å². The van der Waals surface area contributed by atoms with Crippen LogP contribution in [0.4, 0.5) is 11.4 Å². The number of nitrogens with one attached hydrogen (secondary N) is 3. The van der Waals surface area contributed by atoms with Crippen molar-refractivity contribution >= 4 is 46.5 Å². The molecule has 0 atom stereocenters. The van der Waals surface area contributed by atoms with E-state index < -0.39 is 11.9 Å². The molecule has 0 heterocycles. The Labute approximate surface area is 214 Å². The Kier molecular flexibility index (Phi) is 8.06. The summed E-state index contributed by atoms with van der Waals surface area (Å²) in [6.45, 7) is 6.31. The largest absolute Gasteiger partial charge is 0.494 e. The molecule has 0 spiro atoms.